The maximum absolute atomic E-state index is 12.0. The van der Waals surface area contributed by atoms with Crippen LogP contribution in [0.25, 0.3) is 0 Å². The van der Waals surface area contributed by atoms with E-state index in [1.165, 1.54) is 6.92 Å². The molecule has 2 atom stereocenters. The van der Waals surface area contributed by atoms with Crippen molar-refractivity contribution in [3.63, 3.8) is 0 Å². The van der Waals surface area contributed by atoms with Gasteiger partial charge in [-0.05, 0) is 34.1 Å². The fourth-order valence-corrected chi connectivity index (χ4v) is 6.03. The topological polar surface area (TPSA) is 107 Å². The van der Waals surface area contributed by atoms with Crippen LogP contribution in [-0.4, -0.2) is 51.2 Å². The third-order valence-electron chi connectivity index (χ3n) is 2.73. The van der Waals surface area contributed by atoms with E-state index in [2.05, 4.69) is 4.72 Å². The van der Waals surface area contributed by atoms with Gasteiger partial charge in [-0.1, -0.05) is 0 Å². The van der Waals surface area contributed by atoms with Crippen molar-refractivity contribution in [2.45, 2.75) is 51.0 Å². The summed E-state index contributed by atoms with van der Waals surface area (Å²) in [6.07, 6.45) is 0.0543. The molecule has 1 N–H and O–H groups in total. The Balaban J connectivity index is 2.70. The van der Waals surface area contributed by atoms with Gasteiger partial charge in [0, 0.05) is 0 Å². The molecule has 20 heavy (non-hydrogen) atoms. The van der Waals surface area contributed by atoms with E-state index in [1.54, 1.807) is 20.8 Å². The van der Waals surface area contributed by atoms with E-state index in [0.29, 0.717) is 0 Å². The van der Waals surface area contributed by atoms with E-state index >= 15 is 0 Å². The molecular weight excluding hydrogens is 306 g/mol. The second-order valence-corrected chi connectivity index (χ2v) is 10.2. The normalized spacial score (nSPS) is 24.3. The van der Waals surface area contributed by atoms with Crippen LogP contribution in [0, 0.1) is 0 Å². The van der Waals surface area contributed by atoms with Crippen LogP contribution in [0.1, 0.15) is 34.1 Å². The quantitative estimate of drug-likeness (QED) is 0.718. The first-order valence-corrected chi connectivity index (χ1v) is 9.64. The number of hydrogen-bond donors (Lipinski definition) is 1. The highest BCUT2D eigenvalue weighted by Crippen LogP contribution is 2.19. The Morgan fingerprint density at radius 1 is 1.35 bits per heavy atom. The lowest BCUT2D eigenvalue weighted by molar-refractivity contribution is -0.156. The summed E-state index contributed by atoms with van der Waals surface area (Å²) >= 11 is 0. The number of hydrogen-bond acceptors (Lipinski definition) is 6. The predicted octanol–water partition coefficient (Wildman–Crippen LogP) is -0.177. The van der Waals surface area contributed by atoms with E-state index in [4.69, 9.17) is 4.74 Å². The molecule has 1 unspecified atom stereocenters. The largest absolute Gasteiger partial charge is 0.459 e. The lowest BCUT2D eigenvalue weighted by Crippen LogP contribution is -2.46. The van der Waals surface area contributed by atoms with Crippen molar-refractivity contribution in [2.75, 3.05) is 11.5 Å². The van der Waals surface area contributed by atoms with Crippen molar-refractivity contribution in [3.05, 3.63) is 0 Å². The molecule has 0 bridgehead atoms. The molecular formula is C11H21NO6S2. The van der Waals surface area contributed by atoms with Crippen LogP contribution in [0.15, 0.2) is 0 Å². The SMILES string of the molecule is C[C@H](NS(=O)(=O)C1CCS(=O)(=O)C1)C(=O)OC(C)(C)C. The highest BCUT2D eigenvalue weighted by Gasteiger charge is 2.38. The fourth-order valence-electron chi connectivity index (χ4n) is 1.79. The van der Waals surface area contributed by atoms with Crippen molar-refractivity contribution in [1.29, 1.82) is 0 Å². The van der Waals surface area contributed by atoms with Crippen LogP contribution >= 0.6 is 0 Å². The number of rotatable bonds is 4. The van der Waals surface area contributed by atoms with Crippen LogP contribution in [0.5, 0.6) is 0 Å². The summed E-state index contributed by atoms with van der Waals surface area (Å²) in [6.45, 7) is 6.40. The number of sulfonamides is 1. The zero-order chi connectivity index (χ0) is 15.8. The second-order valence-electron chi connectivity index (χ2n) is 5.94. The van der Waals surface area contributed by atoms with Crippen LogP contribution in [-0.2, 0) is 29.4 Å². The molecule has 0 radical (unpaired) electrons. The maximum Gasteiger partial charge on any atom is 0.324 e. The standard InChI is InChI=1S/C11H21NO6S2/c1-8(10(13)18-11(2,3)4)12-20(16,17)9-5-6-19(14,15)7-9/h8-9,12H,5-7H2,1-4H3/t8-,9?/m0/s1. The number of nitrogens with one attached hydrogen (secondary N) is 1. The summed E-state index contributed by atoms with van der Waals surface area (Å²) in [5, 5.41) is -1.00. The first-order chi connectivity index (χ1) is 8.82. The van der Waals surface area contributed by atoms with Crippen molar-refractivity contribution < 1.29 is 26.4 Å². The number of carbonyl (C=O) groups is 1. The van der Waals surface area contributed by atoms with E-state index in [-0.39, 0.29) is 12.2 Å². The van der Waals surface area contributed by atoms with Crippen LogP contribution in [0.3, 0.4) is 0 Å². The molecule has 0 spiro atoms. The van der Waals surface area contributed by atoms with Gasteiger partial charge in [0.15, 0.2) is 9.84 Å². The van der Waals surface area contributed by atoms with Crippen LogP contribution in [0.2, 0.25) is 0 Å². The number of esters is 1. The lowest BCUT2D eigenvalue weighted by Gasteiger charge is -2.23. The molecule has 1 saturated heterocycles. The molecule has 1 rings (SSSR count). The molecule has 7 nitrogen and oxygen atoms in total. The van der Waals surface area contributed by atoms with E-state index in [0.717, 1.165) is 0 Å². The average molecular weight is 327 g/mol. The molecule has 1 aliphatic rings. The van der Waals surface area contributed by atoms with Crippen molar-refractivity contribution in [2.24, 2.45) is 0 Å². The van der Waals surface area contributed by atoms with Crippen LogP contribution in [0.4, 0.5) is 0 Å². The third-order valence-corrected chi connectivity index (χ3v) is 6.67. The Kier molecular flexibility index (Phi) is 4.87. The van der Waals surface area contributed by atoms with Crippen molar-refractivity contribution in [1.82, 2.24) is 4.72 Å². The zero-order valence-electron chi connectivity index (χ0n) is 12.0. The zero-order valence-corrected chi connectivity index (χ0v) is 13.7. The van der Waals surface area contributed by atoms with Crippen LogP contribution < -0.4 is 4.72 Å². The Morgan fingerprint density at radius 2 is 1.90 bits per heavy atom. The van der Waals surface area contributed by atoms with Gasteiger partial charge in [-0.15, -0.1) is 0 Å². The Hall–Kier alpha value is -0.670. The summed E-state index contributed by atoms with van der Waals surface area (Å²) in [7, 11) is -7.16. The van der Waals surface area contributed by atoms with E-state index in [1.807, 2.05) is 0 Å². The van der Waals surface area contributed by atoms with Crippen molar-refractivity contribution >= 4 is 25.8 Å². The Bertz CT molecular complexity index is 573. The molecule has 0 aromatic heterocycles. The van der Waals surface area contributed by atoms with Gasteiger partial charge in [0.25, 0.3) is 0 Å². The van der Waals surface area contributed by atoms with Gasteiger partial charge < -0.3 is 4.74 Å². The summed E-state index contributed by atoms with van der Waals surface area (Å²) in [5.74, 6) is -1.23. The number of ether oxygens (including phenoxy) is 1. The average Bonchev–Trinajstić information content (AvgIpc) is 2.56. The van der Waals surface area contributed by atoms with Crippen molar-refractivity contribution in [3.8, 4) is 0 Å². The minimum Gasteiger partial charge on any atom is -0.459 e. The first-order valence-electron chi connectivity index (χ1n) is 6.27. The number of sulfone groups is 1. The Morgan fingerprint density at radius 3 is 2.30 bits per heavy atom. The van der Waals surface area contributed by atoms with E-state index in [9.17, 15) is 21.6 Å². The highest BCUT2D eigenvalue weighted by atomic mass is 32.2. The van der Waals surface area contributed by atoms with Gasteiger partial charge in [0.2, 0.25) is 10.0 Å². The molecule has 0 amide bonds. The number of carbonyl (C=O) groups excluding carboxylic acids is 1. The summed E-state index contributed by atoms with van der Waals surface area (Å²) < 4.78 is 53.9. The predicted molar refractivity (Wildman–Crippen MR) is 74.4 cm³/mol. The molecule has 0 aliphatic carbocycles. The summed E-state index contributed by atoms with van der Waals surface area (Å²) in [6, 6.07) is -1.05. The molecule has 1 fully saturated rings. The molecule has 1 aliphatic heterocycles. The Labute approximate surface area is 120 Å². The molecule has 118 valence electrons. The van der Waals surface area contributed by atoms with Gasteiger partial charge in [-0.3, -0.25) is 4.79 Å². The molecule has 0 aromatic carbocycles. The van der Waals surface area contributed by atoms with Gasteiger partial charge in [-0.2, -0.15) is 0 Å². The molecule has 9 heteroatoms. The summed E-state index contributed by atoms with van der Waals surface area (Å²) in [4.78, 5) is 11.7. The van der Waals surface area contributed by atoms with Gasteiger partial charge in [0.05, 0.1) is 16.8 Å². The van der Waals surface area contributed by atoms with Gasteiger partial charge in [-0.25, -0.2) is 21.6 Å². The second kappa shape index (κ2) is 5.61. The highest BCUT2D eigenvalue weighted by molar-refractivity contribution is 7.95. The van der Waals surface area contributed by atoms with E-state index < -0.39 is 48.5 Å². The fraction of sp³-hybridized carbons (Fsp3) is 0.909. The molecule has 1 heterocycles. The molecule has 0 aromatic rings. The maximum atomic E-state index is 12.0. The monoisotopic (exact) mass is 327 g/mol. The summed E-state index contributed by atoms with van der Waals surface area (Å²) in [5.41, 5.74) is -0.715. The van der Waals surface area contributed by atoms with Gasteiger partial charge >= 0.3 is 5.97 Å². The smallest absolute Gasteiger partial charge is 0.324 e. The third kappa shape index (κ3) is 5.02. The lowest BCUT2D eigenvalue weighted by atomic mass is 10.2. The minimum absolute atomic E-state index is 0.0543. The molecule has 0 saturated carbocycles. The minimum atomic E-state index is -3.86. The van der Waals surface area contributed by atoms with Gasteiger partial charge in [0.1, 0.15) is 11.6 Å². The first kappa shape index (κ1) is 17.4.